The standard InChI is InChI=1S/C30H18O2/c31-29-10-9-17-5-6-21(12-24(17)29)20-7-8-22-14-26-25-13-18-3-1-2-4-19(18)15-27(25)30(32)28(26)16-23(22)11-20/h1-8,11-16H,9-10H2. The monoisotopic (exact) mass is 410 g/mol. The Morgan fingerprint density at radius 2 is 1.06 bits per heavy atom. The largest absolute Gasteiger partial charge is 0.294 e. The Morgan fingerprint density at radius 3 is 1.81 bits per heavy atom. The molecule has 2 heteroatoms. The van der Waals surface area contributed by atoms with Crippen LogP contribution in [0.5, 0.6) is 0 Å². The van der Waals surface area contributed by atoms with Crippen LogP contribution in [0.4, 0.5) is 0 Å². The smallest absolute Gasteiger partial charge is 0.194 e. The molecule has 0 N–H and O–H groups in total. The van der Waals surface area contributed by atoms with Gasteiger partial charge in [0, 0.05) is 23.1 Å². The molecule has 150 valence electrons. The molecule has 0 aromatic heterocycles. The number of hydrogen-bond donors (Lipinski definition) is 0. The van der Waals surface area contributed by atoms with Crippen LogP contribution in [0.25, 0.3) is 43.8 Å². The van der Waals surface area contributed by atoms with Gasteiger partial charge in [-0.2, -0.15) is 0 Å². The third-order valence-electron chi connectivity index (χ3n) is 7.01. The first-order valence-electron chi connectivity index (χ1n) is 11.0. The molecule has 7 rings (SSSR count). The Kier molecular flexibility index (Phi) is 3.44. The van der Waals surface area contributed by atoms with E-state index in [1.165, 1.54) is 0 Å². The van der Waals surface area contributed by atoms with Gasteiger partial charge < -0.3 is 0 Å². The number of carbonyl (C=O) groups excluding carboxylic acids is 2. The molecular formula is C30H18O2. The maximum absolute atomic E-state index is 13.3. The summed E-state index contributed by atoms with van der Waals surface area (Å²) in [5.74, 6) is 0.326. The maximum atomic E-state index is 13.3. The van der Waals surface area contributed by atoms with Crippen LogP contribution in [0.15, 0.2) is 84.9 Å². The van der Waals surface area contributed by atoms with Gasteiger partial charge in [-0.3, -0.25) is 9.59 Å². The quantitative estimate of drug-likeness (QED) is 0.292. The Hall–Kier alpha value is -4.04. The number of fused-ring (bicyclic) bond motifs is 6. The fourth-order valence-electron chi connectivity index (χ4n) is 5.30. The summed E-state index contributed by atoms with van der Waals surface area (Å²) in [5.41, 5.74) is 7.69. The molecule has 0 spiro atoms. The topological polar surface area (TPSA) is 34.1 Å². The van der Waals surface area contributed by atoms with Crippen LogP contribution in [0, 0.1) is 0 Å². The molecule has 2 aliphatic carbocycles. The first-order chi connectivity index (χ1) is 15.7. The van der Waals surface area contributed by atoms with E-state index in [2.05, 4.69) is 54.6 Å². The summed E-state index contributed by atoms with van der Waals surface area (Å²) in [6, 6.07) is 29.0. The summed E-state index contributed by atoms with van der Waals surface area (Å²) >= 11 is 0. The van der Waals surface area contributed by atoms with E-state index in [1.807, 2.05) is 30.3 Å². The molecule has 0 radical (unpaired) electrons. The lowest BCUT2D eigenvalue weighted by Gasteiger charge is -2.09. The van der Waals surface area contributed by atoms with Gasteiger partial charge in [0.25, 0.3) is 0 Å². The van der Waals surface area contributed by atoms with Crippen LogP contribution < -0.4 is 0 Å². The molecule has 2 aliphatic rings. The molecule has 32 heavy (non-hydrogen) atoms. The highest BCUT2D eigenvalue weighted by Gasteiger charge is 2.27. The minimum atomic E-state index is 0.0937. The predicted molar refractivity (Wildman–Crippen MR) is 128 cm³/mol. The molecule has 0 atom stereocenters. The van der Waals surface area contributed by atoms with Crippen molar-refractivity contribution in [2.75, 3.05) is 0 Å². The fourth-order valence-corrected chi connectivity index (χ4v) is 5.30. The lowest BCUT2D eigenvalue weighted by molar-refractivity contribution is 0.0993. The Labute approximate surface area is 185 Å². The zero-order valence-corrected chi connectivity index (χ0v) is 17.3. The SMILES string of the molecule is O=C1CCc2ccc(-c3ccc4cc5c(cc4c3)C(=O)c3cc4ccccc4cc3-5)cc21. The summed E-state index contributed by atoms with van der Waals surface area (Å²) in [6.45, 7) is 0. The van der Waals surface area contributed by atoms with Gasteiger partial charge in [-0.25, -0.2) is 0 Å². The zero-order valence-electron chi connectivity index (χ0n) is 17.3. The van der Waals surface area contributed by atoms with Crippen LogP contribution in [-0.2, 0) is 6.42 Å². The van der Waals surface area contributed by atoms with E-state index in [0.717, 1.165) is 72.5 Å². The van der Waals surface area contributed by atoms with Gasteiger partial charge in [0.05, 0.1) is 0 Å². The molecule has 5 aromatic rings. The second kappa shape index (κ2) is 6.24. The Morgan fingerprint density at radius 1 is 0.469 bits per heavy atom. The van der Waals surface area contributed by atoms with E-state index < -0.39 is 0 Å². The molecule has 0 saturated carbocycles. The van der Waals surface area contributed by atoms with E-state index in [-0.39, 0.29) is 11.6 Å². The van der Waals surface area contributed by atoms with Crippen molar-refractivity contribution in [2.45, 2.75) is 12.8 Å². The zero-order chi connectivity index (χ0) is 21.4. The van der Waals surface area contributed by atoms with E-state index in [4.69, 9.17) is 0 Å². The third kappa shape index (κ3) is 2.41. The van der Waals surface area contributed by atoms with Crippen molar-refractivity contribution in [3.05, 3.63) is 107 Å². The number of rotatable bonds is 1. The molecule has 0 amide bonds. The van der Waals surface area contributed by atoms with Gasteiger partial charge in [-0.15, -0.1) is 0 Å². The molecule has 0 heterocycles. The first kappa shape index (κ1) is 17.6. The van der Waals surface area contributed by atoms with Gasteiger partial charge >= 0.3 is 0 Å². The van der Waals surface area contributed by atoms with Gasteiger partial charge in [0.2, 0.25) is 0 Å². The number of aryl methyl sites for hydroxylation is 1. The average Bonchev–Trinajstić information content (AvgIpc) is 3.33. The van der Waals surface area contributed by atoms with Gasteiger partial charge in [0.15, 0.2) is 11.6 Å². The molecule has 2 nitrogen and oxygen atoms in total. The van der Waals surface area contributed by atoms with Crippen molar-refractivity contribution in [2.24, 2.45) is 0 Å². The first-order valence-corrected chi connectivity index (χ1v) is 11.0. The summed E-state index contributed by atoms with van der Waals surface area (Å²) < 4.78 is 0. The number of carbonyl (C=O) groups is 2. The van der Waals surface area contributed by atoms with Crippen LogP contribution in [-0.4, -0.2) is 11.6 Å². The third-order valence-corrected chi connectivity index (χ3v) is 7.01. The minimum Gasteiger partial charge on any atom is -0.294 e. The van der Waals surface area contributed by atoms with Crippen molar-refractivity contribution in [1.29, 1.82) is 0 Å². The number of Topliss-reactive ketones (excluding diaryl/α,β-unsaturated/α-hetero) is 1. The van der Waals surface area contributed by atoms with Gasteiger partial charge in [-0.05, 0) is 92.2 Å². The summed E-state index contributed by atoms with van der Waals surface area (Å²) in [5, 5.41) is 4.39. The van der Waals surface area contributed by atoms with Crippen molar-refractivity contribution in [1.82, 2.24) is 0 Å². The van der Waals surface area contributed by atoms with E-state index in [1.54, 1.807) is 0 Å². The highest BCUT2D eigenvalue weighted by Crippen LogP contribution is 2.41. The van der Waals surface area contributed by atoms with Crippen LogP contribution >= 0.6 is 0 Å². The van der Waals surface area contributed by atoms with E-state index in [0.29, 0.717) is 6.42 Å². The van der Waals surface area contributed by atoms with Crippen molar-refractivity contribution in [3.8, 4) is 22.3 Å². The fraction of sp³-hybridized carbons (Fsp3) is 0.0667. The second-order valence-corrected chi connectivity index (χ2v) is 8.83. The number of hydrogen-bond acceptors (Lipinski definition) is 2. The summed E-state index contributed by atoms with van der Waals surface area (Å²) in [7, 11) is 0. The molecule has 0 saturated heterocycles. The van der Waals surface area contributed by atoms with Crippen LogP contribution in [0.2, 0.25) is 0 Å². The number of ketones is 2. The highest BCUT2D eigenvalue weighted by molar-refractivity contribution is 6.25. The maximum Gasteiger partial charge on any atom is 0.194 e. The predicted octanol–water partition coefficient (Wildman–Crippen LogP) is 7.00. The molecule has 0 fully saturated rings. The number of benzene rings is 5. The Balaban J connectivity index is 1.39. The lowest BCUT2D eigenvalue weighted by atomic mass is 9.95. The normalized spacial score (nSPS) is 14.1. The summed E-state index contributed by atoms with van der Waals surface area (Å²) in [4.78, 5) is 25.4. The molecule has 5 aromatic carbocycles. The van der Waals surface area contributed by atoms with Crippen molar-refractivity contribution < 1.29 is 9.59 Å². The van der Waals surface area contributed by atoms with Crippen LogP contribution in [0.3, 0.4) is 0 Å². The van der Waals surface area contributed by atoms with Crippen LogP contribution in [0.1, 0.15) is 38.3 Å². The Bertz CT molecular complexity index is 1660. The highest BCUT2D eigenvalue weighted by atomic mass is 16.1. The van der Waals surface area contributed by atoms with Gasteiger partial charge in [0.1, 0.15) is 0 Å². The van der Waals surface area contributed by atoms with Crippen molar-refractivity contribution in [3.63, 3.8) is 0 Å². The van der Waals surface area contributed by atoms with Crippen molar-refractivity contribution >= 4 is 33.1 Å². The molecular weight excluding hydrogens is 392 g/mol. The average molecular weight is 410 g/mol. The lowest BCUT2D eigenvalue weighted by Crippen LogP contribution is -1.95. The van der Waals surface area contributed by atoms with E-state index in [9.17, 15) is 9.59 Å². The molecule has 0 aliphatic heterocycles. The molecule has 0 unspecified atom stereocenters. The summed E-state index contributed by atoms with van der Waals surface area (Å²) in [6.07, 6.45) is 1.45. The van der Waals surface area contributed by atoms with Gasteiger partial charge in [-0.1, -0.05) is 48.5 Å². The minimum absolute atomic E-state index is 0.0937. The van der Waals surface area contributed by atoms with E-state index >= 15 is 0 Å². The molecule has 0 bridgehead atoms. The second-order valence-electron chi connectivity index (χ2n) is 8.83.